The summed E-state index contributed by atoms with van der Waals surface area (Å²) >= 11 is 1.37. The number of carbonyl (C=O) groups excluding carboxylic acids is 2. The Morgan fingerprint density at radius 1 is 1.15 bits per heavy atom. The molecule has 4 rings (SSSR count). The van der Waals surface area contributed by atoms with Gasteiger partial charge < -0.3 is 9.84 Å². The molecule has 1 fully saturated rings. The minimum atomic E-state index is -0.812. The second-order valence-electron chi connectivity index (χ2n) is 8.35. The number of aliphatic hydroxyl groups is 1. The van der Waals surface area contributed by atoms with Crippen LogP contribution in [-0.4, -0.2) is 23.4 Å². The predicted octanol–water partition coefficient (Wildman–Crippen LogP) is 5.86. The van der Waals surface area contributed by atoms with E-state index in [1.807, 2.05) is 18.4 Å². The molecule has 2 heterocycles. The molecule has 1 amide bonds. The van der Waals surface area contributed by atoms with Crippen molar-refractivity contribution >= 4 is 34.5 Å². The van der Waals surface area contributed by atoms with E-state index in [1.165, 1.54) is 40.5 Å². The van der Waals surface area contributed by atoms with Crippen molar-refractivity contribution in [1.82, 2.24) is 0 Å². The number of hydrogen-bond acceptors (Lipinski definition) is 5. The third-order valence-corrected chi connectivity index (χ3v) is 6.31. The van der Waals surface area contributed by atoms with E-state index in [1.54, 1.807) is 24.3 Å². The molecule has 1 N–H and O–H groups in total. The lowest BCUT2D eigenvalue weighted by molar-refractivity contribution is -0.132. The zero-order chi connectivity index (χ0) is 23.7. The maximum Gasteiger partial charge on any atom is 0.300 e. The molecule has 1 saturated heterocycles. The summed E-state index contributed by atoms with van der Waals surface area (Å²) in [6.45, 7) is 6.54. The topological polar surface area (TPSA) is 66.8 Å². The van der Waals surface area contributed by atoms with Crippen molar-refractivity contribution in [3.63, 3.8) is 0 Å². The molecule has 170 valence electrons. The van der Waals surface area contributed by atoms with E-state index >= 15 is 0 Å². The fraction of sp³-hybridized carbons (Fsp3) is 0.231. The van der Waals surface area contributed by atoms with Crippen molar-refractivity contribution in [2.24, 2.45) is 5.92 Å². The Kier molecular flexibility index (Phi) is 6.33. The Balaban J connectivity index is 1.80. The van der Waals surface area contributed by atoms with E-state index in [2.05, 4.69) is 13.8 Å². The number of carbonyl (C=O) groups is 2. The van der Waals surface area contributed by atoms with Crippen LogP contribution in [0.3, 0.4) is 0 Å². The minimum Gasteiger partial charge on any atom is -0.507 e. The number of ether oxygens (including phenoxy) is 1. The van der Waals surface area contributed by atoms with Gasteiger partial charge in [0.2, 0.25) is 0 Å². The van der Waals surface area contributed by atoms with E-state index in [0.29, 0.717) is 34.4 Å². The number of halogens is 1. The number of rotatable bonds is 6. The molecule has 1 aliphatic heterocycles. The summed E-state index contributed by atoms with van der Waals surface area (Å²) in [7, 11) is 0. The van der Waals surface area contributed by atoms with Crippen molar-refractivity contribution in [2.75, 3.05) is 11.5 Å². The predicted molar refractivity (Wildman–Crippen MR) is 127 cm³/mol. The van der Waals surface area contributed by atoms with Crippen LogP contribution in [0.2, 0.25) is 0 Å². The van der Waals surface area contributed by atoms with Crippen molar-refractivity contribution in [2.45, 2.75) is 26.8 Å². The minimum absolute atomic E-state index is 0.00187. The molecular formula is C26H24FNO4S. The highest BCUT2D eigenvalue weighted by Crippen LogP contribution is 2.43. The summed E-state index contributed by atoms with van der Waals surface area (Å²) in [4.78, 5) is 28.2. The summed E-state index contributed by atoms with van der Waals surface area (Å²) < 4.78 is 19.3. The molecule has 1 atom stereocenters. The first-order valence-corrected chi connectivity index (χ1v) is 11.5. The molecule has 0 spiro atoms. The second-order valence-corrected chi connectivity index (χ2v) is 9.33. The fourth-order valence-electron chi connectivity index (χ4n) is 3.79. The van der Waals surface area contributed by atoms with Gasteiger partial charge in [0.15, 0.2) is 0 Å². The van der Waals surface area contributed by atoms with Gasteiger partial charge in [-0.25, -0.2) is 4.39 Å². The third-order valence-electron chi connectivity index (χ3n) is 5.38. The number of ketones is 1. The smallest absolute Gasteiger partial charge is 0.300 e. The summed E-state index contributed by atoms with van der Waals surface area (Å²) in [6.07, 6.45) is 0. The molecule has 0 bridgehead atoms. The zero-order valence-electron chi connectivity index (χ0n) is 18.5. The summed E-state index contributed by atoms with van der Waals surface area (Å²) in [6, 6.07) is 13.3. The van der Waals surface area contributed by atoms with Gasteiger partial charge >= 0.3 is 0 Å². The van der Waals surface area contributed by atoms with E-state index in [0.717, 1.165) is 5.56 Å². The number of hydrogen-bond donors (Lipinski definition) is 1. The molecular weight excluding hydrogens is 441 g/mol. The Morgan fingerprint density at radius 2 is 1.88 bits per heavy atom. The van der Waals surface area contributed by atoms with Crippen LogP contribution >= 0.6 is 11.3 Å². The lowest BCUT2D eigenvalue weighted by Crippen LogP contribution is -2.29. The number of thiophene rings is 1. The number of aliphatic hydroxyl groups excluding tert-OH is 1. The first-order valence-electron chi connectivity index (χ1n) is 10.6. The molecule has 0 radical (unpaired) electrons. The van der Waals surface area contributed by atoms with E-state index < -0.39 is 23.5 Å². The van der Waals surface area contributed by atoms with Crippen LogP contribution in [-0.2, 0) is 9.59 Å². The zero-order valence-corrected chi connectivity index (χ0v) is 19.4. The van der Waals surface area contributed by atoms with Gasteiger partial charge in [0.05, 0.1) is 12.2 Å². The molecule has 0 aliphatic carbocycles. The van der Waals surface area contributed by atoms with Gasteiger partial charge in [-0.3, -0.25) is 14.5 Å². The normalized spacial score (nSPS) is 17.7. The monoisotopic (exact) mass is 465 g/mol. The number of amides is 1. The third kappa shape index (κ3) is 4.41. The van der Waals surface area contributed by atoms with Crippen LogP contribution in [0.25, 0.3) is 5.76 Å². The Hall–Kier alpha value is -3.45. The van der Waals surface area contributed by atoms with Gasteiger partial charge in [-0.2, -0.15) is 0 Å². The average molecular weight is 466 g/mol. The molecule has 0 saturated carbocycles. The lowest BCUT2D eigenvalue weighted by atomic mass is 9.98. The molecule has 5 nitrogen and oxygen atoms in total. The van der Waals surface area contributed by atoms with E-state index in [4.69, 9.17) is 4.74 Å². The highest BCUT2D eigenvalue weighted by molar-refractivity contribution is 7.10. The number of nitrogens with zero attached hydrogens (tertiary/aromatic N) is 1. The standard InChI is InChI=1S/C26H24FNO4S/c1-15(2)14-32-20-11-6-17(13-16(20)3)24(29)22-23(21-5-4-12-33-21)28(26(31)25(22)30)19-9-7-18(27)8-10-19/h4-13,15,23,29H,14H2,1-3H3/b24-22-. The maximum absolute atomic E-state index is 13.5. The van der Waals surface area contributed by atoms with Crippen LogP contribution in [0.15, 0.2) is 65.6 Å². The fourth-order valence-corrected chi connectivity index (χ4v) is 4.61. The van der Waals surface area contributed by atoms with E-state index in [9.17, 15) is 19.1 Å². The molecule has 33 heavy (non-hydrogen) atoms. The number of benzene rings is 2. The maximum atomic E-state index is 13.5. The number of anilines is 1. The van der Waals surface area contributed by atoms with Crippen molar-refractivity contribution in [3.05, 3.63) is 87.4 Å². The van der Waals surface area contributed by atoms with Crippen molar-refractivity contribution in [3.8, 4) is 5.75 Å². The van der Waals surface area contributed by atoms with Crippen LogP contribution in [0.5, 0.6) is 5.75 Å². The molecule has 7 heteroatoms. The van der Waals surface area contributed by atoms with E-state index in [-0.39, 0.29) is 11.3 Å². The second kappa shape index (κ2) is 9.19. The molecule has 1 aromatic heterocycles. The first kappa shape index (κ1) is 22.7. The summed E-state index contributed by atoms with van der Waals surface area (Å²) in [5, 5.41) is 13.0. The van der Waals surface area contributed by atoms with Crippen molar-refractivity contribution in [1.29, 1.82) is 0 Å². The van der Waals surface area contributed by atoms with Gasteiger partial charge in [-0.05, 0) is 72.3 Å². The van der Waals surface area contributed by atoms with Gasteiger partial charge in [0, 0.05) is 16.1 Å². The average Bonchev–Trinajstić information content (AvgIpc) is 3.40. The van der Waals surface area contributed by atoms with Crippen LogP contribution in [0, 0.1) is 18.7 Å². The Labute approximate surface area is 195 Å². The van der Waals surface area contributed by atoms with Crippen LogP contribution in [0.4, 0.5) is 10.1 Å². The first-order chi connectivity index (χ1) is 15.8. The highest BCUT2D eigenvalue weighted by Gasteiger charge is 2.47. The SMILES string of the molecule is Cc1cc(/C(O)=C2/C(=O)C(=O)N(c3ccc(F)cc3)C2c2cccs2)ccc1OCC(C)C. The quantitative estimate of drug-likeness (QED) is 0.281. The van der Waals surface area contributed by atoms with Gasteiger partial charge in [0.1, 0.15) is 23.4 Å². The number of aryl methyl sites for hydroxylation is 1. The molecule has 2 aromatic carbocycles. The summed E-state index contributed by atoms with van der Waals surface area (Å²) in [5.74, 6) is -1.19. The molecule has 1 unspecified atom stereocenters. The highest BCUT2D eigenvalue weighted by atomic mass is 32.1. The van der Waals surface area contributed by atoms with Crippen LogP contribution < -0.4 is 9.64 Å². The molecule has 3 aromatic rings. The Bertz CT molecular complexity index is 1220. The van der Waals surface area contributed by atoms with Crippen molar-refractivity contribution < 1.29 is 23.8 Å². The lowest BCUT2D eigenvalue weighted by Gasteiger charge is -2.24. The van der Waals surface area contributed by atoms with Gasteiger partial charge in [-0.15, -0.1) is 11.3 Å². The largest absolute Gasteiger partial charge is 0.507 e. The van der Waals surface area contributed by atoms with Gasteiger partial charge in [0.25, 0.3) is 11.7 Å². The van der Waals surface area contributed by atoms with Crippen LogP contribution in [0.1, 0.15) is 35.9 Å². The van der Waals surface area contributed by atoms with Gasteiger partial charge in [-0.1, -0.05) is 19.9 Å². The molecule has 1 aliphatic rings. The number of Topliss-reactive ketones (excluding diaryl/α,β-unsaturated/α-hetero) is 1. The Morgan fingerprint density at radius 3 is 2.48 bits per heavy atom. The summed E-state index contributed by atoms with van der Waals surface area (Å²) in [5.41, 5.74) is 1.61.